The second-order valence-electron chi connectivity index (χ2n) is 4.72. The molecule has 23 heavy (non-hydrogen) atoms. The molecule has 8 heteroatoms. The lowest BCUT2D eigenvalue weighted by atomic mass is 10.0. The van der Waals surface area contributed by atoms with Crippen LogP contribution in [-0.2, 0) is 16.3 Å². The van der Waals surface area contributed by atoms with Gasteiger partial charge in [-0.2, -0.15) is 13.2 Å². The SMILES string of the molecule is CCc1cccc(-c2cc(S(=O)(=O)C(F)(F)F)ccc2Cl)c1F. The van der Waals surface area contributed by atoms with E-state index >= 15 is 0 Å². The van der Waals surface area contributed by atoms with Crippen LogP contribution in [0.4, 0.5) is 17.6 Å². The molecule has 2 rings (SSSR count). The number of aryl methyl sites for hydroxylation is 1. The average molecular weight is 367 g/mol. The van der Waals surface area contributed by atoms with E-state index in [4.69, 9.17) is 11.6 Å². The number of sulfone groups is 1. The fourth-order valence-corrected chi connectivity index (χ4v) is 3.08. The fraction of sp³-hybridized carbons (Fsp3) is 0.200. The van der Waals surface area contributed by atoms with Crippen molar-refractivity contribution in [1.82, 2.24) is 0 Å². The summed E-state index contributed by atoms with van der Waals surface area (Å²) in [5.74, 6) is -0.640. The summed E-state index contributed by atoms with van der Waals surface area (Å²) in [6.45, 7) is 1.72. The summed E-state index contributed by atoms with van der Waals surface area (Å²) >= 11 is 5.92. The molecule has 2 aromatic carbocycles. The van der Waals surface area contributed by atoms with Gasteiger partial charge in [-0.15, -0.1) is 0 Å². The largest absolute Gasteiger partial charge is 0.501 e. The molecule has 0 saturated heterocycles. The van der Waals surface area contributed by atoms with E-state index in [-0.39, 0.29) is 16.1 Å². The molecular formula is C15H11ClF4O2S. The molecule has 0 saturated carbocycles. The number of halogens is 5. The topological polar surface area (TPSA) is 34.1 Å². The highest BCUT2D eigenvalue weighted by molar-refractivity contribution is 7.92. The van der Waals surface area contributed by atoms with Crippen LogP contribution < -0.4 is 0 Å². The molecule has 0 bridgehead atoms. The lowest BCUT2D eigenvalue weighted by Crippen LogP contribution is -2.23. The van der Waals surface area contributed by atoms with Gasteiger partial charge in [-0.25, -0.2) is 12.8 Å². The Morgan fingerprint density at radius 1 is 1.09 bits per heavy atom. The second kappa shape index (κ2) is 6.13. The lowest BCUT2D eigenvalue weighted by molar-refractivity contribution is -0.0435. The molecule has 2 nitrogen and oxygen atoms in total. The summed E-state index contributed by atoms with van der Waals surface area (Å²) in [7, 11) is -5.53. The zero-order chi connectivity index (χ0) is 17.4. The molecular weight excluding hydrogens is 356 g/mol. The van der Waals surface area contributed by atoms with Gasteiger partial charge in [0.2, 0.25) is 0 Å². The van der Waals surface area contributed by atoms with Crippen LogP contribution in [0.15, 0.2) is 41.3 Å². The van der Waals surface area contributed by atoms with Gasteiger partial charge in [0, 0.05) is 16.1 Å². The highest BCUT2D eigenvalue weighted by atomic mass is 35.5. The first-order valence-corrected chi connectivity index (χ1v) is 8.34. The number of benzene rings is 2. The molecule has 0 amide bonds. The van der Waals surface area contributed by atoms with Crippen LogP contribution in [0.25, 0.3) is 11.1 Å². The number of alkyl halides is 3. The summed E-state index contributed by atoms with van der Waals surface area (Å²) < 4.78 is 75.3. The van der Waals surface area contributed by atoms with Crippen molar-refractivity contribution in [2.24, 2.45) is 0 Å². The number of hydrogen-bond donors (Lipinski definition) is 0. The number of rotatable bonds is 3. The quantitative estimate of drug-likeness (QED) is 0.716. The predicted molar refractivity (Wildman–Crippen MR) is 79.5 cm³/mol. The summed E-state index contributed by atoms with van der Waals surface area (Å²) in [5.41, 5.74) is -5.25. The molecule has 0 aliphatic rings. The van der Waals surface area contributed by atoms with Crippen LogP contribution in [-0.4, -0.2) is 13.9 Å². The smallest absolute Gasteiger partial charge is 0.214 e. The van der Waals surface area contributed by atoms with Gasteiger partial charge >= 0.3 is 5.51 Å². The molecule has 124 valence electrons. The van der Waals surface area contributed by atoms with Crippen molar-refractivity contribution in [1.29, 1.82) is 0 Å². The normalized spacial score (nSPS) is 12.4. The molecule has 0 aliphatic carbocycles. The summed E-state index contributed by atoms with van der Waals surface area (Å²) in [6.07, 6.45) is 0.373. The zero-order valence-corrected chi connectivity index (χ0v) is 13.4. The number of hydrogen-bond acceptors (Lipinski definition) is 2. The van der Waals surface area contributed by atoms with Crippen LogP contribution in [0.2, 0.25) is 5.02 Å². The van der Waals surface area contributed by atoms with E-state index in [9.17, 15) is 26.0 Å². The van der Waals surface area contributed by atoms with E-state index in [1.165, 1.54) is 18.2 Å². The molecule has 0 spiro atoms. The van der Waals surface area contributed by atoms with Crippen LogP contribution in [0, 0.1) is 5.82 Å². The molecule has 0 atom stereocenters. The maximum Gasteiger partial charge on any atom is 0.501 e. The van der Waals surface area contributed by atoms with E-state index in [0.29, 0.717) is 12.0 Å². The minimum Gasteiger partial charge on any atom is -0.214 e. The zero-order valence-electron chi connectivity index (χ0n) is 11.8. The van der Waals surface area contributed by atoms with Gasteiger partial charge < -0.3 is 0 Å². The van der Waals surface area contributed by atoms with Crippen molar-refractivity contribution in [3.8, 4) is 11.1 Å². The molecule has 0 radical (unpaired) electrons. The van der Waals surface area contributed by atoms with Crippen LogP contribution in [0.5, 0.6) is 0 Å². The summed E-state index contributed by atoms with van der Waals surface area (Å²) in [4.78, 5) is -0.981. The molecule has 0 N–H and O–H groups in total. The van der Waals surface area contributed by atoms with Gasteiger partial charge in [0.15, 0.2) is 0 Å². The third-order valence-corrected chi connectivity index (χ3v) is 5.12. The Morgan fingerprint density at radius 3 is 2.30 bits per heavy atom. The van der Waals surface area contributed by atoms with Crippen LogP contribution in [0.3, 0.4) is 0 Å². The fourth-order valence-electron chi connectivity index (χ4n) is 2.07. The third kappa shape index (κ3) is 3.21. The van der Waals surface area contributed by atoms with E-state index < -0.39 is 26.1 Å². The highest BCUT2D eigenvalue weighted by Crippen LogP contribution is 2.36. The van der Waals surface area contributed by atoms with Crippen molar-refractivity contribution >= 4 is 21.4 Å². The van der Waals surface area contributed by atoms with Crippen molar-refractivity contribution in [2.75, 3.05) is 0 Å². The van der Waals surface area contributed by atoms with Gasteiger partial charge in [-0.1, -0.05) is 36.7 Å². The Balaban J connectivity index is 2.69. The van der Waals surface area contributed by atoms with E-state index in [1.54, 1.807) is 6.92 Å². The minimum atomic E-state index is -5.53. The minimum absolute atomic E-state index is 0.0433. The Kier molecular flexibility index (Phi) is 4.73. The first kappa shape index (κ1) is 17.7. The summed E-state index contributed by atoms with van der Waals surface area (Å²) in [6, 6.07) is 6.88. The van der Waals surface area contributed by atoms with Crippen LogP contribution in [0.1, 0.15) is 12.5 Å². The Hall–Kier alpha value is -1.60. The van der Waals surface area contributed by atoms with Gasteiger partial charge in [0.1, 0.15) is 5.82 Å². The van der Waals surface area contributed by atoms with E-state index in [0.717, 1.165) is 18.2 Å². The Morgan fingerprint density at radius 2 is 1.74 bits per heavy atom. The van der Waals surface area contributed by atoms with Crippen LogP contribution >= 0.6 is 11.6 Å². The van der Waals surface area contributed by atoms with Gasteiger partial charge in [0.25, 0.3) is 9.84 Å². The lowest BCUT2D eigenvalue weighted by Gasteiger charge is -2.12. The maximum absolute atomic E-state index is 14.4. The predicted octanol–water partition coefficient (Wildman–Crippen LogP) is 5.00. The maximum atomic E-state index is 14.4. The van der Waals surface area contributed by atoms with Crippen molar-refractivity contribution in [3.05, 3.63) is 52.8 Å². The molecule has 2 aromatic rings. The van der Waals surface area contributed by atoms with Gasteiger partial charge in [0.05, 0.1) is 4.90 Å². The van der Waals surface area contributed by atoms with Gasteiger partial charge in [-0.3, -0.25) is 0 Å². The average Bonchev–Trinajstić information content (AvgIpc) is 2.47. The molecule has 0 unspecified atom stereocenters. The molecule has 0 aromatic heterocycles. The second-order valence-corrected chi connectivity index (χ2v) is 7.07. The standard InChI is InChI=1S/C15H11ClF4O2S/c1-2-9-4-3-5-11(14(9)17)12-8-10(6-7-13(12)16)23(21,22)15(18,19)20/h3-8H,2H2,1H3. The van der Waals surface area contributed by atoms with E-state index in [1.807, 2.05) is 0 Å². The third-order valence-electron chi connectivity index (χ3n) is 3.30. The highest BCUT2D eigenvalue weighted by Gasteiger charge is 2.47. The summed E-state index contributed by atoms with van der Waals surface area (Å²) in [5, 5.41) is -0.0433. The molecule has 0 heterocycles. The Bertz CT molecular complexity index is 845. The van der Waals surface area contributed by atoms with Gasteiger partial charge in [-0.05, 0) is 30.2 Å². The van der Waals surface area contributed by atoms with Crippen molar-refractivity contribution in [2.45, 2.75) is 23.7 Å². The molecule has 0 aliphatic heterocycles. The monoisotopic (exact) mass is 366 g/mol. The van der Waals surface area contributed by atoms with Crippen molar-refractivity contribution in [3.63, 3.8) is 0 Å². The first-order valence-electron chi connectivity index (χ1n) is 6.48. The Labute approximate surface area is 135 Å². The molecule has 0 fully saturated rings. The first-order chi connectivity index (χ1) is 10.6. The van der Waals surface area contributed by atoms with E-state index in [2.05, 4.69) is 0 Å². The van der Waals surface area contributed by atoms with Crippen molar-refractivity contribution < 1.29 is 26.0 Å².